The number of benzene rings is 2. The third kappa shape index (κ3) is 4.74. The number of carbonyl (C=O) groups excluding carboxylic acids is 1. The lowest BCUT2D eigenvalue weighted by Gasteiger charge is -2.22. The molecule has 0 aliphatic rings. The first kappa shape index (κ1) is 22.8. The molecule has 2 amide bonds. The summed E-state index contributed by atoms with van der Waals surface area (Å²) >= 11 is 6.07. The molecule has 3 rings (SSSR count). The van der Waals surface area contributed by atoms with Crippen molar-refractivity contribution in [3.63, 3.8) is 0 Å². The topological polar surface area (TPSA) is 76.0 Å². The van der Waals surface area contributed by atoms with Crippen LogP contribution in [0, 0.1) is 0 Å². The number of hydrogen-bond acceptors (Lipinski definition) is 3. The number of rotatable bonds is 5. The Morgan fingerprint density at radius 3 is 2.23 bits per heavy atom. The van der Waals surface area contributed by atoms with E-state index in [0.717, 1.165) is 16.8 Å². The summed E-state index contributed by atoms with van der Waals surface area (Å²) in [4.78, 5) is 30.2. The van der Waals surface area contributed by atoms with Crippen LogP contribution in [0.25, 0.3) is 10.9 Å². The van der Waals surface area contributed by atoms with E-state index in [9.17, 15) is 9.59 Å². The summed E-state index contributed by atoms with van der Waals surface area (Å²) in [5.74, 6) is 0.981. The average molecular weight is 441 g/mol. The van der Waals surface area contributed by atoms with Crippen LogP contribution >= 0.6 is 11.6 Å². The lowest BCUT2D eigenvalue weighted by atomic mass is 9.93. The summed E-state index contributed by atoms with van der Waals surface area (Å²) in [6.45, 7) is 10.2. The van der Waals surface area contributed by atoms with E-state index in [-0.39, 0.29) is 23.4 Å². The van der Waals surface area contributed by atoms with Crippen molar-refractivity contribution in [2.24, 2.45) is 7.05 Å². The number of nitrogens with zero attached hydrogens (tertiary/aromatic N) is 2. The van der Waals surface area contributed by atoms with E-state index in [1.54, 1.807) is 32.2 Å². The van der Waals surface area contributed by atoms with Gasteiger partial charge in [0, 0.05) is 17.8 Å². The fourth-order valence-electron chi connectivity index (χ4n) is 3.75. The van der Waals surface area contributed by atoms with Gasteiger partial charge >= 0.3 is 6.03 Å². The first-order valence-corrected chi connectivity index (χ1v) is 10.8. The summed E-state index contributed by atoms with van der Waals surface area (Å²) in [6.07, 6.45) is 0. The minimum Gasteiger partial charge on any atom is -0.328 e. The third-order valence-electron chi connectivity index (χ3n) is 5.42. The number of carbonyl (C=O) groups is 1. The Balaban J connectivity index is 1.90. The first-order valence-electron chi connectivity index (χ1n) is 10.5. The standard InChI is InChI=1S/C24H29ClN4O2/c1-13(2)17-8-7-9-18(14(3)4)21(17)28-24(31)26-15(5)22-27-20-12-16(25)10-11-19(20)23(30)29(22)6/h7-15H,1-6H3,(H2,26,28,31). The normalized spacial score (nSPS) is 12.4. The zero-order valence-electron chi connectivity index (χ0n) is 18.8. The van der Waals surface area contributed by atoms with Crippen LogP contribution in [0.4, 0.5) is 10.5 Å². The van der Waals surface area contributed by atoms with Gasteiger partial charge in [0.05, 0.1) is 16.9 Å². The number of halogens is 1. The number of fused-ring (bicyclic) bond motifs is 1. The van der Waals surface area contributed by atoms with Gasteiger partial charge in [-0.05, 0) is 48.1 Å². The zero-order valence-corrected chi connectivity index (χ0v) is 19.5. The molecule has 1 unspecified atom stereocenters. The number of anilines is 1. The molecule has 7 heteroatoms. The van der Waals surface area contributed by atoms with Crippen molar-refractivity contribution in [1.82, 2.24) is 14.9 Å². The van der Waals surface area contributed by atoms with Crippen LogP contribution in [0.3, 0.4) is 0 Å². The molecule has 1 aromatic heterocycles. The lowest BCUT2D eigenvalue weighted by molar-refractivity contribution is 0.248. The Labute approximate surface area is 187 Å². The van der Waals surface area contributed by atoms with Crippen LogP contribution in [-0.2, 0) is 7.05 Å². The van der Waals surface area contributed by atoms with Gasteiger partial charge in [-0.2, -0.15) is 0 Å². The highest BCUT2D eigenvalue weighted by atomic mass is 35.5. The number of aromatic nitrogens is 2. The molecule has 0 saturated heterocycles. The quantitative estimate of drug-likeness (QED) is 0.533. The van der Waals surface area contributed by atoms with Gasteiger partial charge in [-0.1, -0.05) is 57.5 Å². The van der Waals surface area contributed by atoms with Crippen LogP contribution in [0.5, 0.6) is 0 Å². The van der Waals surface area contributed by atoms with Crippen LogP contribution in [0.15, 0.2) is 41.2 Å². The number of hydrogen-bond donors (Lipinski definition) is 2. The van der Waals surface area contributed by atoms with Crippen LogP contribution < -0.4 is 16.2 Å². The SMILES string of the molecule is CC(C)c1cccc(C(C)C)c1NC(=O)NC(C)c1nc2cc(Cl)ccc2c(=O)n1C. The van der Waals surface area contributed by atoms with E-state index in [2.05, 4.69) is 43.3 Å². The van der Waals surface area contributed by atoms with E-state index in [1.807, 2.05) is 18.2 Å². The highest BCUT2D eigenvalue weighted by Crippen LogP contribution is 2.32. The summed E-state index contributed by atoms with van der Waals surface area (Å²) in [7, 11) is 1.65. The molecule has 1 atom stereocenters. The summed E-state index contributed by atoms with van der Waals surface area (Å²) in [6, 6.07) is 10.2. The van der Waals surface area contributed by atoms with Crippen molar-refractivity contribution in [3.8, 4) is 0 Å². The predicted octanol–water partition coefficient (Wildman–Crippen LogP) is 5.72. The van der Waals surface area contributed by atoms with Crippen molar-refractivity contribution in [2.45, 2.75) is 52.5 Å². The van der Waals surface area contributed by atoms with Crippen molar-refractivity contribution >= 4 is 34.2 Å². The monoisotopic (exact) mass is 440 g/mol. The van der Waals surface area contributed by atoms with Crippen molar-refractivity contribution < 1.29 is 4.79 Å². The molecule has 2 N–H and O–H groups in total. The number of amides is 2. The van der Waals surface area contributed by atoms with E-state index in [4.69, 9.17) is 11.6 Å². The molecule has 1 heterocycles. The fourth-order valence-corrected chi connectivity index (χ4v) is 3.92. The Bertz CT molecular complexity index is 1160. The highest BCUT2D eigenvalue weighted by molar-refractivity contribution is 6.31. The minimum atomic E-state index is -0.491. The Morgan fingerprint density at radius 1 is 1.03 bits per heavy atom. The molecular formula is C24H29ClN4O2. The number of urea groups is 1. The molecule has 0 saturated carbocycles. The second-order valence-corrected chi connectivity index (χ2v) is 8.87. The van der Waals surface area contributed by atoms with E-state index < -0.39 is 6.04 Å². The van der Waals surface area contributed by atoms with Gasteiger partial charge in [0.15, 0.2) is 0 Å². The largest absolute Gasteiger partial charge is 0.328 e. The van der Waals surface area contributed by atoms with E-state index in [0.29, 0.717) is 21.7 Å². The van der Waals surface area contributed by atoms with Gasteiger partial charge in [-0.25, -0.2) is 9.78 Å². The molecule has 0 spiro atoms. The van der Waals surface area contributed by atoms with Crippen molar-refractivity contribution in [2.75, 3.05) is 5.32 Å². The van der Waals surface area contributed by atoms with E-state index >= 15 is 0 Å². The molecule has 164 valence electrons. The highest BCUT2D eigenvalue weighted by Gasteiger charge is 2.20. The summed E-state index contributed by atoms with van der Waals surface area (Å²) in [5.41, 5.74) is 3.33. The van der Waals surface area contributed by atoms with Crippen LogP contribution in [0.2, 0.25) is 5.02 Å². The molecule has 3 aromatic rings. The summed E-state index contributed by atoms with van der Waals surface area (Å²) in [5, 5.41) is 6.95. The molecule has 31 heavy (non-hydrogen) atoms. The maximum Gasteiger partial charge on any atom is 0.319 e. The lowest BCUT2D eigenvalue weighted by Crippen LogP contribution is -2.35. The molecular weight excluding hydrogens is 412 g/mol. The number of para-hydroxylation sites is 1. The van der Waals surface area contributed by atoms with Crippen LogP contribution in [-0.4, -0.2) is 15.6 Å². The van der Waals surface area contributed by atoms with Gasteiger partial charge in [0.2, 0.25) is 0 Å². The van der Waals surface area contributed by atoms with Crippen molar-refractivity contribution in [3.05, 3.63) is 68.7 Å². The second kappa shape index (κ2) is 9.10. The molecule has 0 fully saturated rings. The van der Waals surface area contributed by atoms with Crippen molar-refractivity contribution in [1.29, 1.82) is 0 Å². The predicted molar refractivity (Wildman–Crippen MR) is 127 cm³/mol. The maximum atomic E-state index is 12.9. The Kier molecular flexibility index (Phi) is 6.70. The van der Waals surface area contributed by atoms with Crippen LogP contribution in [0.1, 0.15) is 69.4 Å². The molecule has 0 radical (unpaired) electrons. The fraction of sp³-hybridized carbons (Fsp3) is 0.375. The van der Waals surface area contributed by atoms with E-state index in [1.165, 1.54) is 4.57 Å². The zero-order chi connectivity index (χ0) is 22.9. The Hall–Kier alpha value is -2.86. The molecule has 2 aromatic carbocycles. The third-order valence-corrected chi connectivity index (χ3v) is 5.65. The number of nitrogens with one attached hydrogen (secondary N) is 2. The summed E-state index contributed by atoms with van der Waals surface area (Å²) < 4.78 is 1.46. The van der Waals surface area contributed by atoms with Gasteiger partial charge in [-0.15, -0.1) is 0 Å². The molecule has 0 aliphatic carbocycles. The first-order chi connectivity index (χ1) is 14.6. The average Bonchev–Trinajstić information content (AvgIpc) is 2.70. The second-order valence-electron chi connectivity index (χ2n) is 8.44. The van der Waals surface area contributed by atoms with Gasteiger partial charge in [0.25, 0.3) is 5.56 Å². The molecule has 0 bridgehead atoms. The maximum absolute atomic E-state index is 12.9. The molecule has 6 nitrogen and oxygen atoms in total. The van der Waals surface area contributed by atoms with Gasteiger partial charge < -0.3 is 10.6 Å². The minimum absolute atomic E-state index is 0.182. The van der Waals surface area contributed by atoms with Gasteiger partial charge in [-0.3, -0.25) is 9.36 Å². The Morgan fingerprint density at radius 2 is 1.65 bits per heavy atom. The van der Waals surface area contributed by atoms with Gasteiger partial charge in [0.1, 0.15) is 5.82 Å². The molecule has 0 aliphatic heterocycles. The smallest absolute Gasteiger partial charge is 0.319 e.